The van der Waals surface area contributed by atoms with Crippen LogP contribution in [0.4, 0.5) is 0 Å². The predicted octanol–water partition coefficient (Wildman–Crippen LogP) is 1.96. The second-order valence-corrected chi connectivity index (χ2v) is 8.76. The van der Waals surface area contributed by atoms with Crippen LogP contribution in [0.25, 0.3) is 0 Å². The maximum atomic E-state index is 13.1. The minimum atomic E-state index is -3.55. The molecule has 134 valence electrons. The SMILES string of the molecule is Cc1noc(C2CN(S(=O)(=O)c3ccccc3)CC23CCOCC3)n1. The zero-order chi connectivity index (χ0) is 17.5. The van der Waals surface area contributed by atoms with E-state index in [1.165, 1.54) is 0 Å². The van der Waals surface area contributed by atoms with E-state index < -0.39 is 10.0 Å². The summed E-state index contributed by atoms with van der Waals surface area (Å²) >= 11 is 0. The Morgan fingerprint density at radius 3 is 2.56 bits per heavy atom. The van der Waals surface area contributed by atoms with Gasteiger partial charge >= 0.3 is 0 Å². The molecule has 1 unspecified atom stereocenters. The fraction of sp³-hybridized carbons (Fsp3) is 0.529. The smallest absolute Gasteiger partial charge is 0.243 e. The average molecular weight is 363 g/mol. The van der Waals surface area contributed by atoms with Gasteiger partial charge in [-0.2, -0.15) is 9.29 Å². The first-order valence-electron chi connectivity index (χ1n) is 8.44. The van der Waals surface area contributed by atoms with Gasteiger partial charge in [0.1, 0.15) is 0 Å². The Morgan fingerprint density at radius 2 is 1.92 bits per heavy atom. The number of aromatic nitrogens is 2. The minimum absolute atomic E-state index is 0.101. The van der Waals surface area contributed by atoms with Gasteiger partial charge in [0.05, 0.1) is 10.8 Å². The molecule has 3 heterocycles. The van der Waals surface area contributed by atoms with Crippen molar-refractivity contribution < 1.29 is 17.7 Å². The van der Waals surface area contributed by atoms with Crippen molar-refractivity contribution in [3.05, 3.63) is 42.0 Å². The van der Waals surface area contributed by atoms with Gasteiger partial charge in [0.2, 0.25) is 15.9 Å². The van der Waals surface area contributed by atoms with Crippen molar-refractivity contribution in [3.63, 3.8) is 0 Å². The number of benzene rings is 1. The highest BCUT2D eigenvalue weighted by Crippen LogP contribution is 2.50. The lowest BCUT2D eigenvalue weighted by Crippen LogP contribution is -2.37. The Bertz CT molecular complexity index is 844. The van der Waals surface area contributed by atoms with Crippen molar-refractivity contribution in [2.45, 2.75) is 30.6 Å². The van der Waals surface area contributed by atoms with Crippen LogP contribution >= 0.6 is 0 Å². The van der Waals surface area contributed by atoms with E-state index in [9.17, 15) is 8.42 Å². The maximum absolute atomic E-state index is 13.1. The molecule has 0 amide bonds. The van der Waals surface area contributed by atoms with Gasteiger partial charge in [-0.05, 0) is 31.9 Å². The van der Waals surface area contributed by atoms with Gasteiger partial charge < -0.3 is 9.26 Å². The first-order chi connectivity index (χ1) is 12.0. The highest BCUT2D eigenvalue weighted by molar-refractivity contribution is 7.89. The van der Waals surface area contributed by atoms with Crippen LogP contribution in [0.5, 0.6) is 0 Å². The fourth-order valence-electron chi connectivity index (χ4n) is 3.93. The van der Waals surface area contributed by atoms with Crippen LogP contribution in [0.1, 0.15) is 30.5 Å². The predicted molar refractivity (Wildman–Crippen MR) is 89.5 cm³/mol. The molecule has 0 N–H and O–H groups in total. The fourth-order valence-corrected chi connectivity index (χ4v) is 5.50. The summed E-state index contributed by atoms with van der Waals surface area (Å²) in [4.78, 5) is 4.71. The molecule has 2 saturated heterocycles. The number of hydrogen-bond acceptors (Lipinski definition) is 6. The van der Waals surface area contributed by atoms with E-state index in [1.807, 2.05) is 6.07 Å². The van der Waals surface area contributed by atoms with E-state index >= 15 is 0 Å². The number of nitrogens with zero attached hydrogens (tertiary/aromatic N) is 3. The molecule has 0 aliphatic carbocycles. The Morgan fingerprint density at radius 1 is 1.20 bits per heavy atom. The maximum Gasteiger partial charge on any atom is 0.243 e. The van der Waals surface area contributed by atoms with Crippen molar-refractivity contribution in [1.82, 2.24) is 14.4 Å². The molecule has 0 bridgehead atoms. The van der Waals surface area contributed by atoms with Crippen LogP contribution in [0.15, 0.2) is 39.8 Å². The molecule has 2 aromatic rings. The van der Waals surface area contributed by atoms with Crippen LogP contribution in [-0.2, 0) is 14.8 Å². The summed E-state index contributed by atoms with van der Waals surface area (Å²) in [5, 5.41) is 3.90. The van der Waals surface area contributed by atoms with Crippen molar-refractivity contribution >= 4 is 10.0 Å². The van der Waals surface area contributed by atoms with Crippen molar-refractivity contribution in [2.75, 3.05) is 26.3 Å². The van der Waals surface area contributed by atoms with Gasteiger partial charge in [0.15, 0.2) is 5.82 Å². The molecule has 2 aliphatic heterocycles. The molecule has 0 saturated carbocycles. The molecular formula is C17H21N3O4S. The van der Waals surface area contributed by atoms with Crippen molar-refractivity contribution in [3.8, 4) is 0 Å². The second kappa shape index (κ2) is 6.19. The topological polar surface area (TPSA) is 85.5 Å². The molecule has 1 spiro atoms. The third kappa shape index (κ3) is 2.88. The van der Waals surface area contributed by atoms with Crippen molar-refractivity contribution in [1.29, 1.82) is 0 Å². The number of aryl methyl sites for hydroxylation is 1. The molecule has 2 aliphatic rings. The quantitative estimate of drug-likeness (QED) is 0.829. The lowest BCUT2D eigenvalue weighted by Gasteiger charge is -2.36. The lowest BCUT2D eigenvalue weighted by molar-refractivity contribution is 0.0104. The van der Waals surface area contributed by atoms with Crippen molar-refractivity contribution in [2.24, 2.45) is 5.41 Å². The summed E-state index contributed by atoms with van der Waals surface area (Å²) in [6.45, 7) is 3.85. The minimum Gasteiger partial charge on any atom is -0.381 e. The summed E-state index contributed by atoms with van der Waals surface area (Å²) < 4.78 is 38.6. The van der Waals surface area contributed by atoms with Crippen LogP contribution in [0.3, 0.4) is 0 Å². The molecule has 1 aromatic heterocycles. The molecular weight excluding hydrogens is 342 g/mol. The molecule has 1 atom stereocenters. The van der Waals surface area contributed by atoms with Gasteiger partial charge in [0.25, 0.3) is 0 Å². The molecule has 1 aromatic carbocycles. The summed E-state index contributed by atoms with van der Waals surface area (Å²) in [5.74, 6) is 1.00. The standard InChI is InChI=1S/C17H21N3O4S/c1-13-18-16(24-19-13)15-11-20(12-17(15)7-9-23-10-8-17)25(21,22)14-5-3-2-4-6-14/h2-6,15H,7-12H2,1H3. The third-order valence-electron chi connectivity index (χ3n) is 5.33. The lowest BCUT2D eigenvalue weighted by atomic mass is 9.72. The van der Waals surface area contributed by atoms with Crippen LogP contribution < -0.4 is 0 Å². The van der Waals surface area contributed by atoms with Gasteiger partial charge in [-0.15, -0.1) is 0 Å². The number of rotatable bonds is 3. The van der Waals surface area contributed by atoms with Crippen LogP contribution in [0, 0.1) is 12.3 Å². The van der Waals surface area contributed by atoms with Gasteiger partial charge in [-0.25, -0.2) is 8.42 Å². The zero-order valence-corrected chi connectivity index (χ0v) is 14.9. The molecule has 2 fully saturated rings. The number of ether oxygens (including phenoxy) is 1. The number of sulfonamides is 1. The Balaban J connectivity index is 1.70. The largest absolute Gasteiger partial charge is 0.381 e. The Hall–Kier alpha value is -1.77. The van der Waals surface area contributed by atoms with E-state index in [4.69, 9.17) is 9.26 Å². The number of hydrogen-bond donors (Lipinski definition) is 0. The molecule has 4 rings (SSSR count). The van der Waals surface area contributed by atoms with E-state index in [2.05, 4.69) is 10.1 Å². The van der Waals surface area contributed by atoms with Gasteiger partial charge in [-0.3, -0.25) is 0 Å². The van der Waals surface area contributed by atoms with E-state index in [0.717, 1.165) is 12.8 Å². The second-order valence-electron chi connectivity index (χ2n) is 6.82. The summed E-state index contributed by atoms with van der Waals surface area (Å²) in [7, 11) is -3.55. The van der Waals surface area contributed by atoms with Crippen LogP contribution in [-0.4, -0.2) is 49.2 Å². The molecule has 0 radical (unpaired) electrons. The van der Waals surface area contributed by atoms with E-state index in [1.54, 1.807) is 35.5 Å². The summed E-state index contributed by atoms with van der Waals surface area (Å²) in [5.41, 5.74) is -0.209. The Kier molecular flexibility index (Phi) is 4.13. The van der Waals surface area contributed by atoms with E-state index in [-0.39, 0.29) is 11.3 Å². The highest BCUT2D eigenvalue weighted by atomic mass is 32.2. The molecule has 8 heteroatoms. The normalized spacial score (nSPS) is 24.0. The zero-order valence-electron chi connectivity index (χ0n) is 14.1. The average Bonchev–Trinajstić information content (AvgIpc) is 3.21. The van der Waals surface area contributed by atoms with Crippen LogP contribution in [0.2, 0.25) is 0 Å². The monoisotopic (exact) mass is 363 g/mol. The first-order valence-corrected chi connectivity index (χ1v) is 9.88. The molecule has 25 heavy (non-hydrogen) atoms. The summed E-state index contributed by atoms with van der Waals surface area (Å²) in [6, 6.07) is 8.57. The van der Waals surface area contributed by atoms with Gasteiger partial charge in [0, 0.05) is 31.7 Å². The first kappa shape index (κ1) is 16.7. The Labute approximate surface area is 147 Å². The van der Waals surface area contributed by atoms with E-state index in [0.29, 0.717) is 42.9 Å². The summed E-state index contributed by atoms with van der Waals surface area (Å²) in [6.07, 6.45) is 1.58. The third-order valence-corrected chi connectivity index (χ3v) is 7.15. The van der Waals surface area contributed by atoms with Gasteiger partial charge in [-0.1, -0.05) is 23.4 Å². The molecule has 7 nitrogen and oxygen atoms in total. The highest BCUT2D eigenvalue weighted by Gasteiger charge is 2.53.